The molecule has 0 fully saturated rings. The average molecular weight is 618 g/mol. The van der Waals surface area contributed by atoms with E-state index in [1.54, 1.807) is 38.1 Å². The van der Waals surface area contributed by atoms with Gasteiger partial charge in [0.25, 0.3) is 20.0 Å². The van der Waals surface area contributed by atoms with Crippen LogP contribution in [0.3, 0.4) is 0 Å². The van der Waals surface area contributed by atoms with Crippen molar-refractivity contribution >= 4 is 43.0 Å². The number of sulfonamides is 2. The van der Waals surface area contributed by atoms with E-state index in [2.05, 4.69) is 10.0 Å². The van der Waals surface area contributed by atoms with E-state index < -0.39 is 44.2 Å². The van der Waals surface area contributed by atoms with Crippen molar-refractivity contribution in [2.24, 2.45) is 0 Å². The molecule has 0 aliphatic heterocycles. The van der Waals surface area contributed by atoms with Crippen LogP contribution >= 0.6 is 0 Å². The van der Waals surface area contributed by atoms with E-state index in [9.17, 15) is 34.8 Å². The molecule has 0 spiro atoms. The first-order valence-electron chi connectivity index (χ1n) is 12.4. The van der Waals surface area contributed by atoms with Gasteiger partial charge in [0.05, 0.1) is 26.7 Å². The minimum atomic E-state index is -4.74. The normalized spacial score (nSPS) is 12.0. The van der Waals surface area contributed by atoms with Gasteiger partial charge in [0.1, 0.15) is 6.54 Å². The Hall–Kier alpha value is -4.36. The number of benzene rings is 4. The Kier molecular flexibility index (Phi) is 8.64. The molecule has 4 aromatic carbocycles. The zero-order valence-corrected chi connectivity index (χ0v) is 24.0. The summed E-state index contributed by atoms with van der Waals surface area (Å²) in [6, 6.07) is 21.1. The molecule has 0 saturated heterocycles. The van der Waals surface area contributed by atoms with Gasteiger partial charge in [0.2, 0.25) is 5.91 Å². The lowest BCUT2D eigenvalue weighted by atomic mass is 10.1. The molecule has 42 heavy (non-hydrogen) atoms. The van der Waals surface area contributed by atoms with Crippen molar-refractivity contribution in [2.75, 3.05) is 20.9 Å². The number of carbonyl (C=O) groups excluding carboxylic acids is 1. The van der Waals surface area contributed by atoms with E-state index in [0.29, 0.717) is 16.1 Å². The van der Waals surface area contributed by atoms with Gasteiger partial charge in [-0.3, -0.25) is 13.8 Å². The molecule has 0 radical (unpaired) electrons. The molecule has 0 aromatic heterocycles. The van der Waals surface area contributed by atoms with Crippen LogP contribution in [-0.2, 0) is 31.0 Å². The summed E-state index contributed by atoms with van der Waals surface area (Å²) in [5.74, 6) is -0.865. The summed E-state index contributed by atoms with van der Waals surface area (Å²) >= 11 is 0. The molecule has 2 N–H and O–H groups in total. The Balaban J connectivity index is 1.58. The number of rotatable bonds is 9. The number of anilines is 3. The third-order valence-electron chi connectivity index (χ3n) is 6.25. The van der Waals surface area contributed by atoms with E-state index in [4.69, 9.17) is 0 Å². The molecule has 0 heterocycles. The van der Waals surface area contributed by atoms with Crippen LogP contribution in [0.5, 0.6) is 0 Å². The molecule has 0 aliphatic rings. The highest BCUT2D eigenvalue weighted by molar-refractivity contribution is 7.93. The summed E-state index contributed by atoms with van der Waals surface area (Å²) in [6.07, 6.45) is -4.74. The standard InChI is InChI=1S/C29H26F3N3O5S2/c1-20-8-6-9-21(2)28(20)34-41(37,38)25-16-14-23(15-17-25)33-27(36)19-35(42(39,40)26-12-4-3-5-13-26)24-11-7-10-22(18-24)29(30,31)32/h3-18,34H,19H2,1-2H3,(H,33,36). The number of alkyl halides is 3. The Bertz CT molecular complexity index is 1790. The average Bonchev–Trinajstić information content (AvgIpc) is 2.94. The van der Waals surface area contributed by atoms with Crippen molar-refractivity contribution < 1.29 is 34.8 Å². The van der Waals surface area contributed by atoms with E-state index in [1.807, 2.05) is 0 Å². The Morgan fingerprint density at radius 2 is 1.36 bits per heavy atom. The largest absolute Gasteiger partial charge is 0.416 e. The third kappa shape index (κ3) is 6.92. The van der Waals surface area contributed by atoms with Crippen molar-refractivity contribution in [1.82, 2.24) is 0 Å². The lowest BCUT2D eigenvalue weighted by molar-refractivity contribution is -0.137. The van der Waals surface area contributed by atoms with Crippen molar-refractivity contribution in [2.45, 2.75) is 29.8 Å². The quantitative estimate of drug-likeness (QED) is 0.241. The number of amides is 1. The molecule has 1 amide bonds. The maximum atomic E-state index is 13.4. The van der Waals surface area contributed by atoms with Gasteiger partial charge < -0.3 is 5.32 Å². The summed E-state index contributed by atoms with van der Waals surface area (Å²) in [7, 11) is -8.42. The van der Waals surface area contributed by atoms with Gasteiger partial charge in [-0.2, -0.15) is 13.2 Å². The zero-order chi connectivity index (χ0) is 30.7. The van der Waals surface area contributed by atoms with E-state index in [0.717, 1.165) is 29.3 Å². The van der Waals surface area contributed by atoms with Crippen LogP contribution in [0, 0.1) is 13.8 Å². The van der Waals surface area contributed by atoms with Crippen LogP contribution in [0.2, 0.25) is 0 Å². The Morgan fingerprint density at radius 1 is 0.762 bits per heavy atom. The summed E-state index contributed by atoms with van der Waals surface area (Å²) < 4.78 is 96.0. The second-order valence-corrected chi connectivity index (χ2v) is 12.9. The first kappa shape index (κ1) is 30.6. The Morgan fingerprint density at radius 3 is 1.95 bits per heavy atom. The number of hydrogen-bond donors (Lipinski definition) is 2. The van der Waals surface area contributed by atoms with E-state index in [-0.39, 0.29) is 21.2 Å². The highest BCUT2D eigenvalue weighted by Crippen LogP contribution is 2.33. The summed E-state index contributed by atoms with van der Waals surface area (Å²) in [5, 5.41) is 2.47. The molecular weight excluding hydrogens is 591 g/mol. The van der Waals surface area contributed by atoms with Gasteiger partial charge >= 0.3 is 6.18 Å². The van der Waals surface area contributed by atoms with Gasteiger partial charge in [0.15, 0.2) is 0 Å². The van der Waals surface area contributed by atoms with Crippen molar-refractivity contribution in [1.29, 1.82) is 0 Å². The van der Waals surface area contributed by atoms with Crippen molar-refractivity contribution in [3.8, 4) is 0 Å². The number of para-hydroxylation sites is 1. The molecule has 8 nitrogen and oxygen atoms in total. The minimum Gasteiger partial charge on any atom is -0.325 e. The molecule has 0 bridgehead atoms. The fourth-order valence-electron chi connectivity index (χ4n) is 4.09. The number of nitrogens with one attached hydrogen (secondary N) is 2. The summed E-state index contributed by atoms with van der Waals surface area (Å²) in [5.41, 5.74) is 0.621. The van der Waals surface area contributed by atoms with E-state index >= 15 is 0 Å². The molecule has 13 heteroatoms. The zero-order valence-electron chi connectivity index (χ0n) is 22.4. The number of hydrogen-bond acceptors (Lipinski definition) is 5. The first-order chi connectivity index (χ1) is 19.7. The molecule has 0 aliphatic carbocycles. The molecular formula is C29H26F3N3O5S2. The van der Waals surface area contributed by atoms with Gasteiger partial charge in [0, 0.05) is 5.69 Å². The smallest absolute Gasteiger partial charge is 0.325 e. The number of nitrogens with zero attached hydrogens (tertiary/aromatic N) is 1. The molecule has 220 valence electrons. The topological polar surface area (TPSA) is 113 Å². The molecule has 0 saturated carbocycles. The number of halogens is 3. The predicted molar refractivity (Wildman–Crippen MR) is 154 cm³/mol. The highest BCUT2D eigenvalue weighted by atomic mass is 32.2. The van der Waals surface area contributed by atoms with Crippen LogP contribution in [0.25, 0.3) is 0 Å². The van der Waals surface area contributed by atoms with E-state index in [1.165, 1.54) is 48.5 Å². The maximum absolute atomic E-state index is 13.4. The van der Waals surface area contributed by atoms with Crippen molar-refractivity contribution in [3.63, 3.8) is 0 Å². The van der Waals surface area contributed by atoms with Crippen molar-refractivity contribution in [3.05, 3.63) is 114 Å². The van der Waals surface area contributed by atoms with Crippen LogP contribution in [0.15, 0.2) is 107 Å². The predicted octanol–water partition coefficient (Wildman–Crippen LogP) is 5.96. The van der Waals surface area contributed by atoms with Gasteiger partial charge in [-0.1, -0.05) is 42.5 Å². The van der Waals surface area contributed by atoms with Crippen LogP contribution in [-0.4, -0.2) is 29.3 Å². The highest BCUT2D eigenvalue weighted by Gasteiger charge is 2.33. The summed E-state index contributed by atoms with van der Waals surface area (Å²) in [6.45, 7) is 2.68. The minimum absolute atomic E-state index is 0.0830. The fraction of sp³-hybridized carbons (Fsp3) is 0.138. The molecule has 4 rings (SSSR count). The van der Waals surface area contributed by atoms with Crippen LogP contribution < -0.4 is 14.3 Å². The first-order valence-corrected chi connectivity index (χ1v) is 15.3. The van der Waals surface area contributed by atoms with Gasteiger partial charge in [-0.15, -0.1) is 0 Å². The number of aryl methyl sites for hydroxylation is 2. The lowest BCUT2D eigenvalue weighted by Crippen LogP contribution is -2.38. The van der Waals surface area contributed by atoms with Crippen LogP contribution in [0.4, 0.5) is 30.2 Å². The SMILES string of the molecule is Cc1cccc(C)c1NS(=O)(=O)c1ccc(NC(=O)CN(c2cccc(C(F)(F)F)c2)S(=O)(=O)c2ccccc2)cc1. The summed E-state index contributed by atoms with van der Waals surface area (Å²) in [4.78, 5) is 12.7. The second-order valence-electron chi connectivity index (χ2n) is 9.32. The fourth-order valence-corrected chi connectivity index (χ4v) is 6.73. The second kappa shape index (κ2) is 11.9. The lowest BCUT2D eigenvalue weighted by Gasteiger charge is -2.25. The molecule has 0 atom stereocenters. The Labute approximate surface area is 241 Å². The third-order valence-corrected chi connectivity index (χ3v) is 9.40. The van der Waals surface area contributed by atoms with Crippen LogP contribution in [0.1, 0.15) is 16.7 Å². The van der Waals surface area contributed by atoms with Gasteiger partial charge in [-0.25, -0.2) is 16.8 Å². The maximum Gasteiger partial charge on any atom is 0.416 e. The van der Waals surface area contributed by atoms with Gasteiger partial charge in [-0.05, 0) is 79.6 Å². The number of carbonyl (C=O) groups is 1. The monoisotopic (exact) mass is 617 g/mol. The molecule has 4 aromatic rings. The molecule has 0 unspecified atom stereocenters.